The molecule has 1 aliphatic rings. The summed E-state index contributed by atoms with van der Waals surface area (Å²) in [5.41, 5.74) is 0. The van der Waals surface area contributed by atoms with Crippen molar-refractivity contribution in [1.29, 1.82) is 0 Å². The van der Waals surface area contributed by atoms with Crippen LogP contribution >= 0.6 is 22.9 Å². The van der Waals surface area contributed by atoms with Gasteiger partial charge in [-0.1, -0.05) is 11.6 Å². The maximum atomic E-state index is 11.8. The van der Waals surface area contributed by atoms with Gasteiger partial charge in [-0.05, 0) is 31.9 Å². The number of carbonyl (C=O) groups excluding carboxylic acids is 1. The third kappa shape index (κ3) is 4.76. The highest BCUT2D eigenvalue weighted by Gasteiger charge is 2.16. The van der Waals surface area contributed by atoms with Crippen molar-refractivity contribution in [2.24, 2.45) is 0 Å². The van der Waals surface area contributed by atoms with Crippen LogP contribution in [0.25, 0.3) is 0 Å². The molecule has 1 atom stereocenters. The van der Waals surface area contributed by atoms with Gasteiger partial charge in [0.15, 0.2) is 0 Å². The van der Waals surface area contributed by atoms with Crippen molar-refractivity contribution in [3.05, 3.63) is 21.3 Å². The standard InChI is InChI=1S/C13H19ClN2O2S/c1-9(11-2-3-12(14)19-11)15-8-13(17)16-10-4-6-18-7-5-10/h2-3,9-10,15H,4-8H2,1H3,(H,16,17). The van der Waals surface area contributed by atoms with Gasteiger partial charge < -0.3 is 15.4 Å². The van der Waals surface area contributed by atoms with Gasteiger partial charge in [0.05, 0.1) is 10.9 Å². The van der Waals surface area contributed by atoms with Gasteiger partial charge in [0, 0.05) is 30.2 Å². The lowest BCUT2D eigenvalue weighted by molar-refractivity contribution is -0.121. The minimum atomic E-state index is 0.0430. The lowest BCUT2D eigenvalue weighted by Gasteiger charge is -2.23. The number of ether oxygens (including phenoxy) is 1. The SMILES string of the molecule is CC(NCC(=O)NC1CCOCC1)c1ccc(Cl)s1. The van der Waals surface area contributed by atoms with E-state index < -0.39 is 0 Å². The summed E-state index contributed by atoms with van der Waals surface area (Å²) in [6.07, 6.45) is 1.81. The van der Waals surface area contributed by atoms with Gasteiger partial charge in [-0.3, -0.25) is 4.79 Å². The van der Waals surface area contributed by atoms with Gasteiger partial charge >= 0.3 is 0 Å². The Morgan fingerprint density at radius 2 is 2.26 bits per heavy atom. The van der Waals surface area contributed by atoms with Gasteiger partial charge in [-0.25, -0.2) is 0 Å². The fraction of sp³-hybridized carbons (Fsp3) is 0.615. The van der Waals surface area contributed by atoms with Crippen LogP contribution < -0.4 is 10.6 Å². The number of halogens is 1. The predicted octanol–water partition coefficient (Wildman–Crippen LogP) is 2.35. The summed E-state index contributed by atoms with van der Waals surface area (Å²) in [7, 11) is 0. The van der Waals surface area contributed by atoms with Crippen LogP contribution in [0.2, 0.25) is 4.34 Å². The second-order valence-electron chi connectivity index (χ2n) is 4.70. The number of thiophene rings is 1. The molecule has 2 N–H and O–H groups in total. The van der Waals surface area contributed by atoms with Crippen molar-refractivity contribution in [2.75, 3.05) is 19.8 Å². The first-order valence-electron chi connectivity index (χ1n) is 6.51. The molecule has 0 spiro atoms. The number of amides is 1. The van der Waals surface area contributed by atoms with E-state index in [-0.39, 0.29) is 18.0 Å². The van der Waals surface area contributed by atoms with Crippen LogP contribution in [0.5, 0.6) is 0 Å². The minimum absolute atomic E-state index is 0.0430. The molecule has 4 nitrogen and oxygen atoms in total. The fourth-order valence-electron chi connectivity index (χ4n) is 2.03. The number of hydrogen-bond donors (Lipinski definition) is 2. The Bertz CT molecular complexity index is 419. The average molecular weight is 303 g/mol. The highest BCUT2D eigenvalue weighted by atomic mass is 35.5. The third-order valence-electron chi connectivity index (χ3n) is 3.18. The van der Waals surface area contributed by atoms with Crippen LogP contribution in [0.1, 0.15) is 30.7 Å². The molecule has 1 aliphatic heterocycles. The largest absolute Gasteiger partial charge is 0.381 e. The van der Waals surface area contributed by atoms with Gasteiger partial charge in [-0.15, -0.1) is 11.3 Å². The van der Waals surface area contributed by atoms with E-state index in [1.807, 2.05) is 19.1 Å². The molecule has 1 amide bonds. The van der Waals surface area contributed by atoms with Crippen molar-refractivity contribution in [1.82, 2.24) is 10.6 Å². The monoisotopic (exact) mass is 302 g/mol. The lowest BCUT2D eigenvalue weighted by Crippen LogP contribution is -2.43. The fourth-order valence-corrected chi connectivity index (χ4v) is 3.12. The number of nitrogens with one attached hydrogen (secondary N) is 2. The molecule has 1 aromatic rings. The molecule has 1 aromatic heterocycles. The van der Waals surface area contributed by atoms with Crippen LogP contribution in [0, 0.1) is 0 Å². The van der Waals surface area contributed by atoms with Crippen molar-refractivity contribution in [2.45, 2.75) is 31.8 Å². The van der Waals surface area contributed by atoms with Crippen LogP contribution in [0.15, 0.2) is 12.1 Å². The van der Waals surface area contributed by atoms with Gasteiger partial charge in [-0.2, -0.15) is 0 Å². The quantitative estimate of drug-likeness (QED) is 0.878. The zero-order valence-electron chi connectivity index (χ0n) is 10.9. The summed E-state index contributed by atoms with van der Waals surface area (Å²) in [6, 6.07) is 4.26. The summed E-state index contributed by atoms with van der Waals surface area (Å²) in [6.45, 7) is 3.84. The zero-order valence-corrected chi connectivity index (χ0v) is 12.5. The average Bonchev–Trinajstić information content (AvgIpc) is 2.84. The first kappa shape index (κ1) is 14.8. The molecule has 2 heterocycles. The van der Waals surface area contributed by atoms with Crippen LogP contribution in [0.3, 0.4) is 0 Å². The maximum Gasteiger partial charge on any atom is 0.234 e. The summed E-state index contributed by atoms with van der Waals surface area (Å²) >= 11 is 7.43. The van der Waals surface area contributed by atoms with E-state index in [0.29, 0.717) is 6.54 Å². The van der Waals surface area contributed by atoms with E-state index in [9.17, 15) is 4.79 Å². The second-order valence-corrected chi connectivity index (χ2v) is 6.45. The van der Waals surface area contributed by atoms with E-state index in [1.165, 1.54) is 11.3 Å². The van der Waals surface area contributed by atoms with E-state index >= 15 is 0 Å². The summed E-state index contributed by atoms with van der Waals surface area (Å²) in [5.74, 6) is 0.0430. The Balaban J connectivity index is 1.70. The van der Waals surface area contributed by atoms with Crippen LogP contribution in [-0.2, 0) is 9.53 Å². The minimum Gasteiger partial charge on any atom is -0.381 e. The molecular weight excluding hydrogens is 284 g/mol. The number of carbonyl (C=O) groups is 1. The predicted molar refractivity (Wildman–Crippen MR) is 77.7 cm³/mol. The Morgan fingerprint density at radius 3 is 2.89 bits per heavy atom. The first-order valence-corrected chi connectivity index (χ1v) is 7.70. The molecule has 0 aliphatic carbocycles. The van der Waals surface area contributed by atoms with Gasteiger partial charge in [0.2, 0.25) is 5.91 Å². The first-order chi connectivity index (χ1) is 9.15. The molecule has 106 valence electrons. The molecule has 1 saturated heterocycles. The van der Waals surface area contributed by atoms with E-state index in [0.717, 1.165) is 35.3 Å². The number of rotatable bonds is 5. The maximum absolute atomic E-state index is 11.8. The Morgan fingerprint density at radius 1 is 1.53 bits per heavy atom. The van der Waals surface area contributed by atoms with Crippen molar-refractivity contribution in [3.63, 3.8) is 0 Å². The molecule has 2 rings (SSSR count). The zero-order chi connectivity index (χ0) is 13.7. The Kier molecular flexibility index (Phi) is 5.63. The molecule has 0 bridgehead atoms. The van der Waals surface area contributed by atoms with Crippen molar-refractivity contribution in [3.8, 4) is 0 Å². The number of hydrogen-bond acceptors (Lipinski definition) is 4. The van der Waals surface area contributed by atoms with E-state index in [2.05, 4.69) is 10.6 Å². The molecule has 0 radical (unpaired) electrons. The highest BCUT2D eigenvalue weighted by molar-refractivity contribution is 7.16. The topological polar surface area (TPSA) is 50.4 Å². The lowest BCUT2D eigenvalue weighted by atomic mass is 10.1. The van der Waals surface area contributed by atoms with E-state index in [1.54, 1.807) is 0 Å². The van der Waals surface area contributed by atoms with Crippen molar-refractivity contribution < 1.29 is 9.53 Å². The van der Waals surface area contributed by atoms with E-state index in [4.69, 9.17) is 16.3 Å². The summed E-state index contributed by atoms with van der Waals surface area (Å²) in [5, 5.41) is 6.24. The van der Waals surface area contributed by atoms with Crippen LogP contribution in [0.4, 0.5) is 0 Å². The molecule has 1 unspecified atom stereocenters. The molecule has 19 heavy (non-hydrogen) atoms. The molecule has 6 heteroatoms. The Hall–Kier alpha value is -0.620. The molecule has 0 aromatic carbocycles. The van der Waals surface area contributed by atoms with Gasteiger partial charge in [0.25, 0.3) is 0 Å². The smallest absolute Gasteiger partial charge is 0.234 e. The van der Waals surface area contributed by atoms with Crippen LogP contribution in [-0.4, -0.2) is 31.7 Å². The summed E-state index contributed by atoms with van der Waals surface area (Å²) < 4.78 is 6.04. The third-order valence-corrected chi connectivity index (χ3v) is 4.59. The molecular formula is C13H19ClN2O2S. The highest BCUT2D eigenvalue weighted by Crippen LogP contribution is 2.26. The Labute approximate surface area is 122 Å². The molecule has 0 saturated carbocycles. The van der Waals surface area contributed by atoms with Gasteiger partial charge in [0.1, 0.15) is 0 Å². The summed E-state index contributed by atoms with van der Waals surface area (Å²) in [4.78, 5) is 13.0. The normalized spacial score (nSPS) is 18.2. The molecule has 1 fully saturated rings. The second kappa shape index (κ2) is 7.24. The van der Waals surface area contributed by atoms with Crippen molar-refractivity contribution >= 4 is 28.8 Å².